The number of aliphatic hydroxyl groups excluding tert-OH is 2. The van der Waals surface area contributed by atoms with Crippen LogP contribution in [0.15, 0.2) is 29.9 Å². The summed E-state index contributed by atoms with van der Waals surface area (Å²) >= 11 is 2.63. The van der Waals surface area contributed by atoms with Gasteiger partial charge in [-0.1, -0.05) is 0 Å². The molecule has 0 aromatic carbocycles. The molecule has 1 amide bonds. The van der Waals surface area contributed by atoms with Crippen LogP contribution in [0.4, 0.5) is 5.13 Å². The first kappa shape index (κ1) is 24.5. The summed E-state index contributed by atoms with van der Waals surface area (Å²) in [5.41, 5.74) is 0.860. The molecule has 0 spiro atoms. The van der Waals surface area contributed by atoms with Crippen LogP contribution in [-0.4, -0.2) is 71.0 Å². The van der Waals surface area contributed by atoms with E-state index in [0.29, 0.717) is 6.42 Å². The highest BCUT2D eigenvalue weighted by molar-refractivity contribution is 7.98. The van der Waals surface area contributed by atoms with Crippen molar-refractivity contribution in [2.45, 2.75) is 37.5 Å². The number of hydrogen-bond acceptors (Lipinski definition) is 9. The summed E-state index contributed by atoms with van der Waals surface area (Å²) in [6.07, 6.45) is 5.43. The van der Waals surface area contributed by atoms with Gasteiger partial charge in [0.05, 0.1) is 18.4 Å². The summed E-state index contributed by atoms with van der Waals surface area (Å²) in [4.78, 5) is 20.6. The van der Waals surface area contributed by atoms with E-state index in [4.69, 9.17) is 0 Å². The van der Waals surface area contributed by atoms with E-state index in [2.05, 4.69) is 20.0 Å². The van der Waals surface area contributed by atoms with Gasteiger partial charge in [-0.05, 0) is 49.0 Å². The molecule has 0 saturated carbocycles. The van der Waals surface area contributed by atoms with E-state index < -0.39 is 34.2 Å². The minimum atomic E-state index is -3.50. The maximum absolute atomic E-state index is 12.7. The Kier molecular flexibility index (Phi) is 9.49. The number of aromatic nitrogens is 2. The van der Waals surface area contributed by atoms with Gasteiger partial charge in [-0.3, -0.25) is 14.5 Å². The van der Waals surface area contributed by atoms with Crippen LogP contribution in [0.2, 0.25) is 0 Å². The third-order valence-electron chi connectivity index (χ3n) is 4.19. The number of thioether (sulfide) groups is 1. The highest BCUT2D eigenvalue weighted by Crippen LogP contribution is 2.18. The zero-order valence-corrected chi connectivity index (χ0v) is 19.1. The number of carbonyl (C=O) groups is 1. The van der Waals surface area contributed by atoms with E-state index in [0.717, 1.165) is 35.3 Å². The Morgan fingerprint density at radius 2 is 2.03 bits per heavy atom. The van der Waals surface area contributed by atoms with Crippen molar-refractivity contribution in [1.82, 2.24) is 15.3 Å². The van der Waals surface area contributed by atoms with E-state index in [1.165, 1.54) is 5.38 Å². The Morgan fingerprint density at radius 1 is 1.33 bits per heavy atom. The van der Waals surface area contributed by atoms with E-state index in [-0.39, 0.29) is 18.7 Å². The summed E-state index contributed by atoms with van der Waals surface area (Å²) in [5, 5.41) is 25.3. The Labute approximate surface area is 185 Å². The zero-order chi connectivity index (χ0) is 22.1. The average molecular weight is 477 g/mol. The maximum Gasteiger partial charge on any atom is 0.271 e. The van der Waals surface area contributed by atoms with Crippen molar-refractivity contribution >= 4 is 44.2 Å². The second kappa shape index (κ2) is 11.6. The van der Waals surface area contributed by atoms with Crippen LogP contribution in [0.1, 0.15) is 30.3 Å². The number of sulfonamides is 1. The van der Waals surface area contributed by atoms with Crippen LogP contribution in [-0.2, 0) is 16.4 Å². The summed E-state index contributed by atoms with van der Waals surface area (Å²) in [5.74, 6) is 0.294. The first-order valence-electron chi connectivity index (χ1n) is 9.17. The van der Waals surface area contributed by atoms with Crippen molar-refractivity contribution in [3.63, 3.8) is 0 Å². The van der Waals surface area contributed by atoms with Gasteiger partial charge in [0.25, 0.3) is 5.91 Å². The third-order valence-corrected chi connectivity index (χ3v) is 6.33. The minimum Gasteiger partial charge on any atom is -0.390 e. The first-order valence-corrected chi connectivity index (χ1v) is 13.3. The normalized spacial score (nSPS) is 14.7. The summed E-state index contributed by atoms with van der Waals surface area (Å²) in [6.45, 7) is 0. The van der Waals surface area contributed by atoms with Gasteiger partial charge in [0.2, 0.25) is 10.0 Å². The van der Waals surface area contributed by atoms with Gasteiger partial charge in [-0.2, -0.15) is 11.8 Å². The maximum atomic E-state index is 12.7. The zero-order valence-electron chi connectivity index (χ0n) is 16.7. The fourth-order valence-corrected chi connectivity index (χ4v) is 4.73. The lowest BCUT2D eigenvalue weighted by Gasteiger charge is -2.27. The number of nitrogens with zero attached hydrogens (tertiary/aromatic N) is 2. The highest BCUT2D eigenvalue weighted by atomic mass is 32.2. The SMILES string of the molecule is CSCCCC(O)C(O)C(Cc1ccncc1)NC(=O)c1csc(NS(C)(=O)=O)n1.[HH]. The standard InChI is InChI=1S/C18H26N4O5S3.H2/c1-28-9-3-4-15(23)16(24)13(10-12-5-7-19-8-6-12)20-17(25)14-11-29-18(21-14)22-30(2,26)27;/h5-8,11,13,15-16,23-24H,3-4,9-10H2,1-2H3,(H,20,25)(H,21,22);1H. The predicted molar refractivity (Wildman–Crippen MR) is 122 cm³/mol. The molecule has 2 heterocycles. The molecular weight excluding hydrogens is 448 g/mol. The second-order valence-electron chi connectivity index (χ2n) is 6.74. The molecule has 0 aliphatic carbocycles. The fraction of sp³-hybridized carbons (Fsp3) is 0.500. The largest absolute Gasteiger partial charge is 0.390 e. The molecule has 30 heavy (non-hydrogen) atoms. The van der Waals surface area contributed by atoms with E-state index in [9.17, 15) is 23.4 Å². The molecule has 0 aliphatic heterocycles. The molecule has 4 N–H and O–H groups in total. The fourth-order valence-electron chi connectivity index (χ4n) is 2.73. The van der Waals surface area contributed by atoms with Crippen LogP contribution >= 0.6 is 23.1 Å². The lowest BCUT2D eigenvalue weighted by molar-refractivity contribution is -0.00734. The van der Waals surface area contributed by atoms with Crippen LogP contribution in [0.5, 0.6) is 0 Å². The molecule has 0 aliphatic rings. The van der Waals surface area contributed by atoms with Gasteiger partial charge in [-0.25, -0.2) is 13.4 Å². The molecule has 3 atom stereocenters. The number of pyridine rings is 1. The highest BCUT2D eigenvalue weighted by Gasteiger charge is 2.29. The lowest BCUT2D eigenvalue weighted by atomic mass is 9.96. The summed E-state index contributed by atoms with van der Waals surface area (Å²) < 4.78 is 24.9. The number of rotatable bonds is 12. The first-order chi connectivity index (χ1) is 14.2. The van der Waals surface area contributed by atoms with Crippen molar-refractivity contribution < 1.29 is 24.9 Å². The summed E-state index contributed by atoms with van der Waals surface area (Å²) in [6, 6.07) is 2.77. The predicted octanol–water partition coefficient (Wildman–Crippen LogP) is 1.36. The Bertz CT molecular complexity index is 914. The smallest absolute Gasteiger partial charge is 0.271 e. The van der Waals surface area contributed by atoms with E-state index >= 15 is 0 Å². The van der Waals surface area contributed by atoms with Crippen molar-refractivity contribution in [3.05, 3.63) is 41.2 Å². The molecule has 3 unspecified atom stereocenters. The number of aliphatic hydroxyl groups is 2. The molecular formula is C18H28N4O5S3. The molecule has 2 rings (SSSR count). The number of nitrogens with one attached hydrogen (secondary N) is 2. The molecule has 2 aromatic rings. The molecule has 2 aromatic heterocycles. The Hall–Kier alpha value is -1.73. The molecule has 0 fully saturated rings. The van der Waals surface area contributed by atoms with Gasteiger partial charge >= 0.3 is 0 Å². The third kappa shape index (κ3) is 8.19. The Morgan fingerprint density at radius 3 is 2.67 bits per heavy atom. The van der Waals surface area contributed by atoms with E-state index in [1.807, 2.05) is 6.26 Å². The number of anilines is 1. The van der Waals surface area contributed by atoms with Crippen LogP contribution in [0, 0.1) is 0 Å². The van der Waals surface area contributed by atoms with Crippen LogP contribution in [0.25, 0.3) is 0 Å². The molecule has 168 valence electrons. The van der Waals surface area contributed by atoms with Crippen molar-refractivity contribution in [2.75, 3.05) is 23.0 Å². The number of hydrogen-bond donors (Lipinski definition) is 4. The molecule has 9 nitrogen and oxygen atoms in total. The van der Waals surface area contributed by atoms with Gasteiger partial charge in [-0.15, -0.1) is 11.3 Å². The topological polar surface area (TPSA) is 142 Å². The molecule has 0 bridgehead atoms. The van der Waals surface area contributed by atoms with Gasteiger partial charge in [0.1, 0.15) is 11.8 Å². The lowest BCUT2D eigenvalue weighted by Crippen LogP contribution is -2.50. The quantitative estimate of drug-likeness (QED) is 0.337. The minimum absolute atomic E-state index is 0. The summed E-state index contributed by atoms with van der Waals surface area (Å²) in [7, 11) is -3.50. The van der Waals surface area contributed by atoms with Gasteiger partial charge in [0.15, 0.2) is 5.13 Å². The number of amides is 1. The van der Waals surface area contributed by atoms with Crippen molar-refractivity contribution in [1.29, 1.82) is 0 Å². The average Bonchev–Trinajstić information content (AvgIpc) is 3.14. The van der Waals surface area contributed by atoms with Gasteiger partial charge in [0, 0.05) is 19.2 Å². The van der Waals surface area contributed by atoms with Crippen molar-refractivity contribution in [3.8, 4) is 0 Å². The molecule has 0 radical (unpaired) electrons. The molecule has 12 heteroatoms. The number of thiazole rings is 1. The van der Waals surface area contributed by atoms with Crippen molar-refractivity contribution in [2.24, 2.45) is 0 Å². The number of carbonyl (C=O) groups excluding carboxylic acids is 1. The molecule has 0 saturated heterocycles. The van der Waals surface area contributed by atoms with Crippen LogP contribution < -0.4 is 10.0 Å². The Balaban J connectivity index is 0.00000480. The van der Waals surface area contributed by atoms with Crippen LogP contribution in [0.3, 0.4) is 0 Å². The van der Waals surface area contributed by atoms with E-state index in [1.54, 1.807) is 36.3 Å². The second-order valence-corrected chi connectivity index (χ2v) is 10.3. The monoisotopic (exact) mass is 476 g/mol. The van der Waals surface area contributed by atoms with Gasteiger partial charge < -0.3 is 15.5 Å².